The minimum absolute atomic E-state index is 0.211. The van der Waals surface area contributed by atoms with Crippen molar-refractivity contribution in [2.75, 3.05) is 26.2 Å². The molecule has 1 aliphatic heterocycles. The van der Waals surface area contributed by atoms with Crippen LogP contribution < -0.4 is 10.5 Å². The topological polar surface area (TPSA) is 115 Å². The van der Waals surface area contributed by atoms with Gasteiger partial charge in [-0.25, -0.2) is 13.2 Å². The Kier molecular flexibility index (Phi) is 6.04. The molecule has 11 heteroatoms. The van der Waals surface area contributed by atoms with E-state index in [1.165, 1.54) is 34.6 Å². The van der Waals surface area contributed by atoms with Crippen LogP contribution in [-0.4, -0.2) is 43.8 Å². The van der Waals surface area contributed by atoms with E-state index >= 15 is 0 Å². The minimum atomic E-state index is -3.99. The van der Waals surface area contributed by atoms with Gasteiger partial charge in [0, 0.05) is 28.1 Å². The first-order chi connectivity index (χ1) is 15.2. The van der Waals surface area contributed by atoms with Gasteiger partial charge in [-0.2, -0.15) is 4.31 Å². The van der Waals surface area contributed by atoms with Crippen molar-refractivity contribution in [1.82, 2.24) is 4.31 Å². The molecule has 0 amide bonds. The Hall–Kier alpha value is -2.79. The zero-order valence-electron chi connectivity index (χ0n) is 17.2. The van der Waals surface area contributed by atoms with Gasteiger partial charge in [-0.15, -0.1) is 0 Å². The van der Waals surface area contributed by atoms with Gasteiger partial charge >= 0.3 is 5.63 Å². The summed E-state index contributed by atoms with van der Waals surface area (Å²) in [4.78, 5) is 23.4. The standard InChI is InChI=1S/C21H20ClN3O6S/c1-14-10-19-16(12-17(14)22)15(11-21(26)31-19)13-23-6-8-24(9-7-23)32(29,30)20-5-3-2-4-18(20)25(27)28/h2-5,10-12H,6-9,13H2,1H3/p+1. The van der Waals surface area contributed by atoms with E-state index in [9.17, 15) is 23.3 Å². The van der Waals surface area contributed by atoms with Crippen LogP contribution in [0, 0.1) is 17.0 Å². The van der Waals surface area contributed by atoms with Crippen molar-refractivity contribution in [3.63, 3.8) is 0 Å². The largest absolute Gasteiger partial charge is 0.423 e. The third kappa shape index (κ3) is 4.26. The number of nitro groups is 1. The first kappa shape index (κ1) is 22.4. The number of nitrogens with zero attached hydrogens (tertiary/aromatic N) is 2. The van der Waals surface area contributed by atoms with Crippen LogP contribution in [0.1, 0.15) is 11.1 Å². The zero-order valence-corrected chi connectivity index (χ0v) is 18.8. The number of sulfonamides is 1. The van der Waals surface area contributed by atoms with Gasteiger partial charge < -0.3 is 9.32 Å². The highest BCUT2D eigenvalue weighted by molar-refractivity contribution is 7.89. The van der Waals surface area contributed by atoms with E-state index in [0.29, 0.717) is 30.2 Å². The summed E-state index contributed by atoms with van der Waals surface area (Å²) in [5.41, 5.74) is 1.17. The van der Waals surface area contributed by atoms with Crippen LogP contribution in [0.3, 0.4) is 0 Å². The second kappa shape index (κ2) is 8.62. The fourth-order valence-electron chi connectivity index (χ4n) is 3.95. The summed E-state index contributed by atoms with van der Waals surface area (Å²) in [6.45, 7) is 3.73. The van der Waals surface area contributed by atoms with Crippen molar-refractivity contribution in [1.29, 1.82) is 0 Å². The molecule has 1 saturated heterocycles. The summed E-state index contributed by atoms with van der Waals surface area (Å²) in [5, 5.41) is 12.6. The number of benzene rings is 2. The second-order valence-corrected chi connectivity index (χ2v) is 10.1. The molecule has 3 aromatic rings. The smallest absolute Gasteiger partial charge is 0.336 e. The molecular weight excluding hydrogens is 458 g/mol. The summed E-state index contributed by atoms with van der Waals surface area (Å²) < 4.78 is 32.6. The number of rotatable bonds is 5. The average Bonchev–Trinajstić information content (AvgIpc) is 2.75. The maximum atomic E-state index is 13.0. The Labute approximate surface area is 189 Å². The number of aryl methyl sites for hydroxylation is 1. The molecule has 0 unspecified atom stereocenters. The van der Waals surface area contributed by atoms with Crippen molar-refractivity contribution in [3.05, 3.63) is 79.1 Å². The number of halogens is 1. The van der Waals surface area contributed by atoms with Crippen LogP contribution in [0.25, 0.3) is 11.0 Å². The summed E-state index contributed by atoms with van der Waals surface area (Å²) in [6.07, 6.45) is 0. The van der Waals surface area contributed by atoms with Crippen LogP contribution in [0.2, 0.25) is 5.02 Å². The fourth-order valence-corrected chi connectivity index (χ4v) is 5.71. The van der Waals surface area contributed by atoms with Gasteiger partial charge in [-0.05, 0) is 30.7 Å². The van der Waals surface area contributed by atoms with E-state index in [1.54, 1.807) is 12.1 Å². The highest BCUT2D eigenvalue weighted by Gasteiger charge is 2.34. The Morgan fingerprint density at radius 2 is 1.88 bits per heavy atom. The van der Waals surface area contributed by atoms with Gasteiger partial charge in [0.1, 0.15) is 12.1 Å². The van der Waals surface area contributed by atoms with Crippen LogP contribution in [0.4, 0.5) is 5.69 Å². The first-order valence-electron chi connectivity index (χ1n) is 9.97. The molecule has 1 aliphatic rings. The molecule has 0 aliphatic carbocycles. The molecule has 0 saturated carbocycles. The Bertz CT molecular complexity index is 1360. The Balaban J connectivity index is 1.54. The Morgan fingerprint density at radius 1 is 1.19 bits per heavy atom. The number of hydrogen-bond donors (Lipinski definition) is 1. The molecule has 2 heterocycles. The highest BCUT2D eigenvalue weighted by Crippen LogP contribution is 2.27. The van der Waals surface area contributed by atoms with Crippen LogP contribution in [0.15, 0.2) is 56.6 Å². The zero-order chi connectivity index (χ0) is 23.0. The number of hydrogen-bond acceptors (Lipinski definition) is 6. The van der Waals surface area contributed by atoms with Crippen molar-refractivity contribution in [2.45, 2.75) is 18.4 Å². The normalized spacial score (nSPS) is 15.8. The van der Waals surface area contributed by atoms with Gasteiger partial charge in [0.15, 0.2) is 4.90 Å². The monoisotopic (exact) mass is 478 g/mol. The molecule has 0 atom stereocenters. The SMILES string of the molecule is Cc1cc2oc(=O)cc(C[NH+]3CCN(S(=O)(=O)c4ccccc4[N+](=O)[O-])CC3)c2cc1Cl. The molecule has 0 bridgehead atoms. The number of piperazine rings is 1. The molecule has 9 nitrogen and oxygen atoms in total. The van der Waals surface area contributed by atoms with E-state index in [-0.39, 0.29) is 18.0 Å². The fraction of sp³-hybridized carbons (Fsp3) is 0.286. The van der Waals surface area contributed by atoms with Crippen LogP contribution in [-0.2, 0) is 16.6 Å². The van der Waals surface area contributed by atoms with Gasteiger partial charge in [0.2, 0.25) is 10.0 Å². The maximum absolute atomic E-state index is 13.0. The average molecular weight is 479 g/mol. The number of quaternary nitrogens is 1. The third-order valence-electron chi connectivity index (χ3n) is 5.66. The van der Waals surface area contributed by atoms with Crippen molar-refractivity contribution in [2.24, 2.45) is 0 Å². The van der Waals surface area contributed by atoms with Gasteiger partial charge in [0.05, 0.1) is 31.1 Å². The van der Waals surface area contributed by atoms with E-state index < -0.39 is 26.3 Å². The van der Waals surface area contributed by atoms with E-state index in [0.717, 1.165) is 21.4 Å². The van der Waals surface area contributed by atoms with Crippen molar-refractivity contribution >= 4 is 38.3 Å². The summed E-state index contributed by atoms with van der Waals surface area (Å²) >= 11 is 6.26. The maximum Gasteiger partial charge on any atom is 0.336 e. The lowest BCUT2D eigenvalue weighted by atomic mass is 10.1. The van der Waals surface area contributed by atoms with Crippen LogP contribution in [0.5, 0.6) is 0 Å². The number of nitrogens with one attached hydrogen (secondary N) is 1. The van der Waals surface area contributed by atoms with Crippen LogP contribution >= 0.6 is 11.6 Å². The lowest BCUT2D eigenvalue weighted by Crippen LogP contribution is -3.13. The second-order valence-electron chi connectivity index (χ2n) is 7.74. The van der Waals surface area contributed by atoms with E-state index in [2.05, 4.69) is 0 Å². The summed E-state index contributed by atoms with van der Waals surface area (Å²) in [7, 11) is -3.99. The van der Waals surface area contributed by atoms with Crippen molar-refractivity contribution < 1.29 is 22.7 Å². The summed E-state index contributed by atoms with van der Waals surface area (Å²) in [6, 6.07) is 10.3. The number of fused-ring (bicyclic) bond motifs is 1. The predicted molar refractivity (Wildman–Crippen MR) is 118 cm³/mol. The van der Waals surface area contributed by atoms with E-state index in [1.807, 2.05) is 6.92 Å². The molecule has 2 aromatic carbocycles. The number of para-hydroxylation sites is 1. The van der Waals surface area contributed by atoms with Crippen molar-refractivity contribution in [3.8, 4) is 0 Å². The molecule has 0 spiro atoms. The lowest BCUT2D eigenvalue weighted by molar-refractivity contribution is -0.917. The van der Waals surface area contributed by atoms with Gasteiger partial charge in [-0.1, -0.05) is 23.7 Å². The van der Waals surface area contributed by atoms with Gasteiger partial charge in [0.25, 0.3) is 5.69 Å². The lowest BCUT2D eigenvalue weighted by Gasteiger charge is -2.31. The quantitative estimate of drug-likeness (QED) is 0.339. The number of nitro benzene ring substituents is 1. The third-order valence-corrected chi connectivity index (χ3v) is 8.01. The predicted octanol–water partition coefficient (Wildman–Crippen LogP) is 1.75. The molecule has 1 aromatic heterocycles. The Morgan fingerprint density at radius 3 is 2.56 bits per heavy atom. The first-order valence-corrected chi connectivity index (χ1v) is 11.8. The van der Waals surface area contributed by atoms with Gasteiger partial charge in [-0.3, -0.25) is 10.1 Å². The molecule has 4 rings (SSSR count). The molecule has 0 radical (unpaired) electrons. The minimum Gasteiger partial charge on any atom is -0.423 e. The van der Waals surface area contributed by atoms with E-state index in [4.69, 9.17) is 16.0 Å². The molecule has 1 fully saturated rings. The molecule has 32 heavy (non-hydrogen) atoms. The highest BCUT2D eigenvalue weighted by atomic mass is 35.5. The molecule has 1 N–H and O–H groups in total. The molecule has 168 valence electrons. The molecular formula is C21H21ClN3O6S+. The summed E-state index contributed by atoms with van der Waals surface area (Å²) in [5.74, 6) is 0.